The van der Waals surface area contributed by atoms with Crippen LogP contribution in [0.5, 0.6) is 0 Å². The fourth-order valence-corrected chi connectivity index (χ4v) is 2.32. The summed E-state index contributed by atoms with van der Waals surface area (Å²) in [6.45, 7) is 9.64. The number of nitrogens with zero attached hydrogens (tertiary/aromatic N) is 1. The number of anilines is 2. The van der Waals surface area contributed by atoms with E-state index in [1.54, 1.807) is 36.1 Å². The predicted octanol–water partition coefficient (Wildman–Crippen LogP) is 1.82. The number of hydrogen-bond donors (Lipinski definition) is 3. The third kappa shape index (κ3) is 7.34. The van der Waals surface area contributed by atoms with Gasteiger partial charge < -0.3 is 16.0 Å². The molecule has 138 valence electrons. The Morgan fingerprint density at radius 1 is 1.00 bits per heavy atom. The first-order chi connectivity index (χ1) is 11.7. The van der Waals surface area contributed by atoms with Gasteiger partial charge in [0.15, 0.2) is 0 Å². The second-order valence-electron chi connectivity index (χ2n) is 6.21. The Balaban J connectivity index is 2.61. The molecule has 0 saturated heterocycles. The third-order valence-electron chi connectivity index (χ3n) is 3.60. The molecule has 0 fully saturated rings. The maximum atomic E-state index is 12.2. The van der Waals surface area contributed by atoms with Crippen LogP contribution in [0.15, 0.2) is 24.3 Å². The smallest absolute Gasteiger partial charge is 0.238 e. The first kappa shape index (κ1) is 20.6. The highest BCUT2D eigenvalue weighted by Gasteiger charge is 2.22. The van der Waals surface area contributed by atoms with Gasteiger partial charge in [-0.25, -0.2) is 0 Å². The zero-order chi connectivity index (χ0) is 19.0. The quantitative estimate of drug-likeness (QED) is 0.668. The first-order valence-electron chi connectivity index (χ1n) is 8.44. The minimum absolute atomic E-state index is 0.0598. The summed E-state index contributed by atoms with van der Waals surface area (Å²) in [7, 11) is 0. The van der Waals surface area contributed by atoms with Crippen LogP contribution in [-0.2, 0) is 14.4 Å². The average Bonchev–Trinajstić information content (AvgIpc) is 2.52. The number of likely N-dealkylation sites (N-methyl/N-ethyl adjacent to an activating group) is 1. The van der Waals surface area contributed by atoms with Crippen molar-refractivity contribution in [1.82, 2.24) is 10.2 Å². The van der Waals surface area contributed by atoms with Crippen LogP contribution in [0, 0.1) is 0 Å². The summed E-state index contributed by atoms with van der Waals surface area (Å²) in [6, 6.07) is 6.54. The molecule has 0 bridgehead atoms. The number of carbonyl (C=O) groups excluding carboxylic acids is 3. The van der Waals surface area contributed by atoms with Gasteiger partial charge in [-0.3, -0.25) is 19.3 Å². The molecule has 1 aromatic carbocycles. The van der Waals surface area contributed by atoms with Crippen molar-refractivity contribution in [2.45, 2.75) is 46.7 Å². The molecule has 7 heteroatoms. The molecule has 1 atom stereocenters. The van der Waals surface area contributed by atoms with Gasteiger partial charge in [0.1, 0.15) is 0 Å². The van der Waals surface area contributed by atoms with Crippen LogP contribution in [0.25, 0.3) is 0 Å². The van der Waals surface area contributed by atoms with Crippen LogP contribution in [0.4, 0.5) is 11.4 Å². The van der Waals surface area contributed by atoms with E-state index in [0.717, 1.165) is 0 Å². The highest BCUT2D eigenvalue weighted by atomic mass is 16.2. The first-order valence-corrected chi connectivity index (χ1v) is 8.44. The molecule has 0 aliphatic rings. The minimum Gasteiger partial charge on any atom is -0.353 e. The van der Waals surface area contributed by atoms with E-state index < -0.39 is 0 Å². The van der Waals surface area contributed by atoms with Gasteiger partial charge in [0, 0.05) is 24.3 Å². The summed E-state index contributed by atoms with van der Waals surface area (Å²) >= 11 is 0. The summed E-state index contributed by atoms with van der Waals surface area (Å²) in [5.41, 5.74) is 1.30. The lowest BCUT2D eigenvalue weighted by Crippen LogP contribution is -2.49. The Morgan fingerprint density at radius 2 is 1.52 bits per heavy atom. The van der Waals surface area contributed by atoms with Gasteiger partial charge in [-0.15, -0.1) is 0 Å². The molecule has 0 aliphatic heterocycles. The Morgan fingerprint density at radius 3 is 1.96 bits per heavy atom. The van der Waals surface area contributed by atoms with Crippen molar-refractivity contribution in [3.8, 4) is 0 Å². The van der Waals surface area contributed by atoms with Crippen LogP contribution < -0.4 is 16.0 Å². The maximum absolute atomic E-state index is 12.2. The fourth-order valence-electron chi connectivity index (χ4n) is 2.32. The van der Waals surface area contributed by atoms with Gasteiger partial charge >= 0.3 is 0 Å². The van der Waals surface area contributed by atoms with E-state index in [2.05, 4.69) is 16.0 Å². The molecular weight excluding hydrogens is 320 g/mol. The third-order valence-corrected chi connectivity index (χ3v) is 3.60. The monoisotopic (exact) mass is 348 g/mol. The molecule has 0 unspecified atom stereocenters. The van der Waals surface area contributed by atoms with Crippen LogP contribution in [0.1, 0.15) is 34.6 Å². The predicted molar refractivity (Wildman–Crippen MR) is 99.4 cm³/mol. The van der Waals surface area contributed by atoms with Gasteiger partial charge in [0.2, 0.25) is 17.7 Å². The maximum Gasteiger partial charge on any atom is 0.238 e. The van der Waals surface area contributed by atoms with E-state index in [9.17, 15) is 14.4 Å². The lowest BCUT2D eigenvalue weighted by Gasteiger charge is -2.27. The van der Waals surface area contributed by atoms with E-state index >= 15 is 0 Å². The van der Waals surface area contributed by atoms with Gasteiger partial charge in [-0.2, -0.15) is 0 Å². The topological polar surface area (TPSA) is 90.5 Å². The largest absolute Gasteiger partial charge is 0.353 e. The lowest BCUT2D eigenvalue weighted by molar-refractivity contribution is -0.127. The molecule has 3 N–H and O–H groups in total. The standard InChI is InChI=1S/C18H28N4O3/c1-6-22(13(4)18(25)19-12(2)3)11-17(24)21-16-9-7-15(8-10-16)20-14(5)23/h7-10,12-13H,6,11H2,1-5H3,(H,19,25)(H,20,23)(H,21,24)/t13-/m0/s1. The number of nitrogens with one attached hydrogen (secondary N) is 3. The number of amides is 3. The highest BCUT2D eigenvalue weighted by Crippen LogP contribution is 2.13. The van der Waals surface area contributed by atoms with Gasteiger partial charge in [-0.05, 0) is 51.6 Å². The van der Waals surface area contributed by atoms with Crippen molar-refractivity contribution in [2.24, 2.45) is 0 Å². The van der Waals surface area contributed by atoms with Gasteiger partial charge in [0.25, 0.3) is 0 Å². The second kappa shape index (κ2) is 9.78. The van der Waals surface area contributed by atoms with Crippen LogP contribution in [0.3, 0.4) is 0 Å². The average molecular weight is 348 g/mol. The zero-order valence-corrected chi connectivity index (χ0v) is 15.6. The molecule has 0 aliphatic carbocycles. The SMILES string of the molecule is CCN(CC(=O)Nc1ccc(NC(C)=O)cc1)[C@@H](C)C(=O)NC(C)C. The number of hydrogen-bond acceptors (Lipinski definition) is 4. The zero-order valence-electron chi connectivity index (χ0n) is 15.6. The van der Waals surface area contributed by atoms with Crippen molar-refractivity contribution < 1.29 is 14.4 Å². The second-order valence-corrected chi connectivity index (χ2v) is 6.21. The van der Waals surface area contributed by atoms with Gasteiger partial charge in [-0.1, -0.05) is 6.92 Å². The molecule has 0 heterocycles. The van der Waals surface area contributed by atoms with Crippen molar-refractivity contribution in [3.63, 3.8) is 0 Å². The molecule has 0 aromatic heterocycles. The van der Waals surface area contributed by atoms with Crippen LogP contribution in [0.2, 0.25) is 0 Å². The molecular formula is C18H28N4O3. The van der Waals surface area contributed by atoms with Crippen molar-refractivity contribution in [3.05, 3.63) is 24.3 Å². The summed E-state index contributed by atoms with van der Waals surface area (Å²) < 4.78 is 0. The summed E-state index contributed by atoms with van der Waals surface area (Å²) in [5.74, 6) is -0.438. The van der Waals surface area contributed by atoms with Crippen LogP contribution in [-0.4, -0.2) is 47.8 Å². The molecule has 0 saturated carbocycles. The van der Waals surface area contributed by atoms with E-state index in [-0.39, 0.29) is 36.3 Å². The highest BCUT2D eigenvalue weighted by molar-refractivity contribution is 5.93. The van der Waals surface area contributed by atoms with E-state index in [0.29, 0.717) is 17.9 Å². The van der Waals surface area contributed by atoms with E-state index in [1.807, 2.05) is 20.8 Å². The Labute approximate surface area is 149 Å². The molecule has 0 radical (unpaired) electrons. The minimum atomic E-state index is -0.389. The van der Waals surface area contributed by atoms with E-state index in [4.69, 9.17) is 0 Å². The number of benzene rings is 1. The molecule has 25 heavy (non-hydrogen) atoms. The molecule has 3 amide bonds. The molecule has 1 aromatic rings. The summed E-state index contributed by atoms with van der Waals surface area (Å²) in [4.78, 5) is 37.1. The molecule has 1 rings (SSSR count). The lowest BCUT2D eigenvalue weighted by atomic mass is 10.2. The number of rotatable bonds is 8. The van der Waals surface area contributed by atoms with Gasteiger partial charge in [0.05, 0.1) is 12.6 Å². The molecule has 7 nitrogen and oxygen atoms in total. The fraction of sp³-hybridized carbons (Fsp3) is 0.500. The van der Waals surface area contributed by atoms with Crippen molar-refractivity contribution in [1.29, 1.82) is 0 Å². The van der Waals surface area contributed by atoms with Crippen molar-refractivity contribution in [2.75, 3.05) is 23.7 Å². The van der Waals surface area contributed by atoms with E-state index in [1.165, 1.54) is 6.92 Å². The van der Waals surface area contributed by atoms with Crippen molar-refractivity contribution >= 4 is 29.1 Å². The Bertz CT molecular complexity index is 599. The Hall–Kier alpha value is -2.41. The Kier molecular flexibility index (Phi) is 8.07. The van der Waals surface area contributed by atoms with Crippen LogP contribution >= 0.6 is 0 Å². The number of carbonyl (C=O) groups is 3. The summed E-state index contributed by atoms with van der Waals surface area (Å²) in [6.07, 6.45) is 0. The molecule has 0 spiro atoms. The normalized spacial score (nSPS) is 12.0. The summed E-state index contributed by atoms with van der Waals surface area (Å²) in [5, 5.41) is 8.32.